The average Bonchev–Trinajstić information content (AvgIpc) is 2.55. The first-order chi connectivity index (χ1) is 12.0. The molecule has 0 aromatic heterocycles. The van der Waals surface area contributed by atoms with Crippen LogP contribution in [0.1, 0.15) is 67.7 Å². The van der Waals surface area contributed by atoms with Gasteiger partial charge in [0.1, 0.15) is 6.10 Å². The summed E-state index contributed by atoms with van der Waals surface area (Å²) in [5.74, 6) is 1.42. The highest BCUT2D eigenvalue weighted by molar-refractivity contribution is 5.72. The first-order valence-electron chi connectivity index (χ1n) is 10.3. The van der Waals surface area contributed by atoms with E-state index < -0.39 is 6.10 Å². The molecule has 2 aliphatic rings. The van der Waals surface area contributed by atoms with E-state index in [1.165, 1.54) is 0 Å². The van der Waals surface area contributed by atoms with E-state index in [-0.39, 0.29) is 29.3 Å². The monoisotopic (exact) mass is 362 g/mol. The van der Waals surface area contributed by atoms with Crippen LogP contribution in [0.25, 0.3) is 0 Å². The minimum Gasteiger partial charge on any atom is -0.461 e. The van der Waals surface area contributed by atoms with E-state index in [9.17, 15) is 9.90 Å². The van der Waals surface area contributed by atoms with E-state index in [1.54, 1.807) is 0 Å². The molecule has 0 bridgehead atoms. The van der Waals surface area contributed by atoms with Gasteiger partial charge in [0.15, 0.2) is 0 Å². The SMILES string of the molecule is CC[C@H](C)C(=O)O[C@H]1C[C@H](O)C=C2C=C[C@H](C)[C@H](C[C@@H](C)C(C)(C)C)[C@H]21. The van der Waals surface area contributed by atoms with Crippen LogP contribution in [0.15, 0.2) is 23.8 Å². The smallest absolute Gasteiger partial charge is 0.308 e. The summed E-state index contributed by atoms with van der Waals surface area (Å²) in [6.45, 7) is 15.4. The van der Waals surface area contributed by atoms with Crippen molar-refractivity contribution in [3.05, 3.63) is 23.8 Å². The second-order valence-corrected chi connectivity index (χ2v) is 9.66. The first kappa shape index (κ1) is 21.2. The van der Waals surface area contributed by atoms with Gasteiger partial charge in [0, 0.05) is 12.3 Å². The van der Waals surface area contributed by atoms with Gasteiger partial charge in [-0.2, -0.15) is 0 Å². The normalized spacial score (nSPS) is 33.8. The molecule has 0 heterocycles. The Morgan fingerprint density at radius 2 is 2.00 bits per heavy atom. The zero-order valence-corrected chi connectivity index (χ0v) is 17.7. The Balaban J connectivity index is 2.28. The highest BCUT2D eigenvalue weighted by Gasteiger charge is 2.43. The van der Waals surface area contributed by atoms with Crippen molar-refractivity contribution in [2.75, 3.05) is 0 Å². The van der Waals surface area contributed by atoms with E-state index in [4.69, 9.17) is 4.74 Å². The molecule has 0 spiro atoms. The van der Waals surface area contributed by atoms with Gasteiger partial charge < -0.3 is 9.84 Å². The Morgan fingerprint density at radius 1 is 1.35 bits per heavy atom. The Labute approximate surface area is 159 Å². The fraction of sp³-hybridized carbons (Fsp3) is 0.783. The molecule has 0 saturated heterocycles. The topological polar surface area (TPSA) is 46.5 Å². The summed E-state index contributed by atoms with van der Waals surface area (Å²) in [6, 6.07) is 0. The molecule has 0 radical (unpaired) electrons. The summed E-state index contributed by atoms with van der Waals surface area (Å²) < 4.78 is 5.96. The van der Waals surface area contributed by atoms with Crippen LogP contribution in [0.5, 0.6) is 0 Å². The van der Waals surface area contributed by atoms with Crippen molar-refractivity contribution in [3.63, 3.8) is 0 Å². The molecule has 0 aromatic carbocycles. The number of hydrogen-bond donors (Lipinski definition) is 1. The second-order valence-electron chi connectivity index (χ2n) is 9.66. The van der Waals surface area contributed by atoms with E-state index in [0.717, 1.165) is 18.4 Å². The van der Waals surface area contributed by atoms with Gasteiger partial charge in [-0.25, -0.2) is 0 Å². The fourth-order valence-corrected chi connectivity index (χ4v) is 4.10. The van der Waals surface area contributed by atoms with Crippen molar-refractivity contribution in [3.8, 4) is 0 Å². The molecule has 1 N–H and O–H groups in total. The third-order valence-electron chi connectivity index (χ3n) is 6.76. The average molecular weight is 363 g/mol. The predicted molar refractivity (Wildman–Crippen MR) is 107 cm³/mol. The molecule has 148 valence electrons. The van der Waals surface area contributed by atoms with Gasteiger partial charge in [0.2, 0.25) is 0 Å². The maximum Gasteiger partial charge on any atom is 0.308 e. The number of aliphatic hydroxyl groups excluding tert-OH is 1. The first-order valence-corrected chi connectivity index (χ1v) is 10.3. The molecule has 0 fully saturated rings. The van der Waals surface area contributed by atoms with Gasteiger partial charge in [-0.1, -0.05) is 66.7 Å². The molecule has 7 atom stereocenters. The summed E-state index contributed by atoms with van der Waals surface area (Å²) in [6.07, 6.45) is 8.00. The molecular formula is C23H38O3. The minimum absolute atomic E-state index is 0.0926. The van der Waals surface area contributed by atoms with Gasteiger partial charge in [0.25, 0.3) is 0 Å². The van der Waals surface area contributed by atoms with E-state index in [2.05, 4.69) is 46.8 Å². The third kappa shape index (κ3) is 4.79. The Kier molecular flexibility index (Phi) is 6.76. The lowest BCUT2D eigenvalue weighted by molar-refractivity contribution is -0.159. The number of carbonyl (C=O) groups is 1. The molecule has 3 heteroatoms. The zero-order valence-electron chi connectivity index (χ0n) is 17.7. The van der Waals surface area contributed by atoms with Crippen LogP contribution >= 0.6 is 0 Å². The van der Waals surface area contributed by atoms with Crippen molar-refractivity contribution < 1.29 is 14.6 Å². The maximum atomic E-state index is 12.5. The van der Waals surface area contributed by atoms with Crippen LogP contribution in [-0.4, -0.2) is 23.3 Å². The third-order valence-corrected chi connectivity index (χ3v) is 6.76. The van der Waals surface area contributed by atoms with Crippen LogP contribution < -0.4 is 0 Å². The minimum atomic E-state index is -0.533. The lowest BCUT2D eigenvalue weighted by Crippen LogP contribution is -2.43. The van der Waals surface area contributed by atoms with Crippen LogP contribution in [0.2, 0.25) is 0 Å². The zero-order chi connectivity index (χ0) is 19.6. The molecule has 26 heavy (non-hydrogen) atoms. The fourth-order valence-electron chi connectivity index (χ4n) is 4.10. The number of aliphatic hydroxyl groups is 1. The Morgan fingerprint density at radius 3 is 2.58 bits per heavy atom. The molecule has 0 unspecified atom stereocenters. The highest BCUT2D eigenvalue weighted by Crippen LogP contribution is 2.46. The Hall–Kier alpha value is -1.09. The van der Waals surface area contributed by atoms with Crippen LogP contribution in [0, 0.1) is 35.0 Å². The number of esters is 1. The number of rotatable bonds is 5. The quantitative estimate of drug-likeness (QED) is 0.688. The lowest BCUT2D eigenvalue weighted by atomic mass is 9.63. The Bertz CT molecular complexity index is 554. The second kappa shape index (κ2) is 8.29. The summed E-state index contributed by atoms with van der Waals surface area (Å²) in [5, 5.41) is 10.3. The van der Waals surface area contributed by atoms with Crippen LogP contribution in [0.3, 0.4) is 0 Å². The summed E-state index contributed by atoms with van der Waals surface area (Å²) >= 11 is 0. The number of allylic oxidation sites excluding steroid dienone is 2. The molecule has 2 rings (SSSR count). The summed E-state index contributed by atoms with van der Waals surface area (Å²) in [5.41, 5.74) is 1.40. The van der Waals surface area contributed by atoms with Gasteiger partial charge in [-0.3, -0.25) is 4.79 Å². The molecule has 0 amide bonds. The van der Waals surface area contributed by atoms with E-state index >= 15 is 0 Å². The number of hydrogen-bond acceptors (Lipinski definition) is 3. The maximum absolute atomic E-state index is 12.5. The molecule has 3 nitrogen and oxygen atoms in total. The van der Waals surface area contributed by atoms with Crippen molar-refractivity contribution in [2.45, 2.75) is 79.9 Å². The summed E-state index contributed by atoms with van der Waals surface area (Å²) in [4.78, 5) is 12.5. The summed E-state index contributed by atoms with van der Waals surface area (Å²) in [7, 11) is 0. The molecule has 0 saturated carbocycles. The highest BCUT2D eigenvalue weighted by atomic mass is 16.5. The van der Waals surface area contributed by atoms with E-state index in [0.29, 0.717) is 24.2 Å². The molecular weight excluding hydrogens is 324 g/mol. The van der Waals surface area contributed by atoms with E-state index in [1.807, 2.05) is 19.9 Å². The number of ether oxygens (including phenoxy) is 1. The van der Waals surface area contributed by atoms with Gasteiger partial charge in [0.05, 0.1) is 12.0 Å². The van der Waals surface area contributed by atoms with Crippen LogP contribution in [0.4, 0.5) is 0 Å². The molecule has 0 aromatic rings. The molecule has 2 aliphatic carbocycles. The van der Waals surface area contributed by atoms with Gasteiger partial charge >= 0.3 is 5.97 Å². The van der Waals surface area contributed by atoms with Gasteiger partial charge in [-0.15, -0.1) is 0 Å². The lowest BCUT2D eigenvalue weighted by Gasteiger charge is -2.44. The van der Waals surface area contributed by atoms with Crippen molar-refractivity contribution in [1.82, 2.24) is 0 Å². The van der Waals surface area contributed by atoms with Crippen molar-refractivity contribution >= 4 is 5.97 Å². The van der Waals surface area contributed by atoms with Crippen molar-refractivity contribution in [2.24, 2.45) is 35.0 Å². The number of carbonyl (C=O) groups excluding carboxylic acids is 1. The largest absolute Gasteiger partial charge is 0.461 e. The molecule has 0 aliphatic heterocycles. The standard InChI is InChI=1S/C23H38O3/c1-8-14(2)22(25)26-20-13-18(24)12-17-10-9-15(3)19(21(17)20)11-16(4)23(5,6)7/h9-10,12,14-16,18-21,24H,8,11,13H2,1-7H3/t14-,15-,16+,18+,19-,20-,21-/m0/s1. The van der Waals surface area contributed by atoms with Crippen molar-refractivity contribution in [1.29, 1.82) is 0 Å². The number of fused-ring (bicyclic) bond motifs is 1. The predicted octanol–water partition coefficient (Wildman–Crippen LogP) is 5.15. The van der Waals surface area contributed by atoms with Crippen LogP contribution in [-0.2, 0) is 9.53 Å². The van der Waals surface area contributed by atoms with Gasteiger partial charge in [-0.05, 0) is 41.6 Å².